The zero-order chi connectivity index (χ0) is 17.9. The third-order valence-corrected chi connectivity index (χ3v) is 4.71. The number of para-hydroxylation sites is 1. The van der Waals surface area contributed by atoms with Crippen LogP contribution in [-0.4, -0.2) is 32.8 Å². The van der Waals surface area contributed by atoms with Crippen LogP contribution >= 0.6 is 0 Å². The lowest BCUT2D eigenvalue weighted by molar-refractivity contribution is 0.708. The predicted octanol–water partition coefficient (Wildman–Crippen LogP) is 2.11. The van der Waals surface area contributed by atoms with Crippen molar-refractivity contribution in [1.82, 2.24) is 25.1 Å². The SMILES string of the molecule is CC(Nc1nc(N)nc2c1CCNCC2)c1ccccc1-n1cccn1. The molecule has 0 radical (unpaired) electrons. The van der Waals surface area contributed by atoms with Gasteiger partial charge >= 0.3 is 0 Å². The number of hydrogen-bond acceptors (Lipinski definition) is 6. The largest absolute Gasteiger partial charge is 0.368 e. The van der Waals surface area contributed by atoms with E-state index in [1.165, 1.54) is 0 Å². The molecule has 4 N–H and O–H groups in total. The molecule has 4 rings (SSSR count). The second-order valence-corrected chi connectivity index (χ2v) is 6.48. The average Bonchev–Trinajstić information content (AvgIpc) is 3.07. The van der Waals surface area contributed by atoms with Crippen molar-refractivity contribution in [3.05, 3.63) is 59.5 Å². The lowest BCUT2D eigenvalue weighted by Crippen LogP contribution is -2.17. The molecule has 7 heteroatoms. The highest BCUT2D eigenvalue weighted by atomic mass is 15.3. The van der Waals surface area contributed by atoms with Crippen LogP contribution < -0.4 is 16.4 Å². The van der Waals surface area contributed by atoms with Crippen LogP contribution in [0.4, 0.5) is 11.8 Å². The summed E-state index contributed by atoms with van der Waals surface area (Å²) in [5.74, 6) is 1.15. The van der Waals surface area contributed by atoms with Crippen molar-refractivity contribution in [2.45, 2.75) is 25.8 Å². The maximum atomic E-state index is 5.96. The van der Waals surface area contributed by atoms with E-state index in [2.05, 4.69) is 44.8 Å². The van der Waals surface area contributed by atoms with Gasteiger partial charge in [0.05, 0.1) is 17.4 Å². The highest BCUT2D eigenvalue weighted by Crippen LogP contribution is 2.27. The molecule has 7 nitrogen and oxygen atoms in total. The van der Waals surface area contributed by atoms with Crippen molar-refractivity contribution in [2.75, 3.05) is 24.1 Å². The van der Waals surface area contributed by atoms with E-state index in [0.29, 0.717) is 5.95 Å². The number of aromatic nitrogens is 4. The molecule has 1 aliphatic rings. The van der Waals surface area contributed by atoms with Crippen LogP contribution in [0.15, 0.2) is 42.7 Å². The molecule has 3 heterocycles. The van der Waals surface area contributed by atoms with Gasteiger partial charge in [0.25, 0.3) is 0 Å². The van der Waals surface area contributed by atoms with Gasteiger partial charge in [-0.1, -0.05) is 18.2 Å². The molecule has 0 spiro atoms. The van der Waals surface area contributed by atoms with Gasteiger partial charge < -0.3 is 16.4 Å². The molecule has 1 aromatic carbocycles. The van der Waals surface area contributed by atoms with Gasteiger partial charge in [0.2, 0.25) is 5.95 Å². The maximum absolute atomic E-state index is 5.96. The summed E-state index contributed by atoms with van der Waals surface area (Å²) in [6.07, 6.45) is 5.50. The van der Waals surface area contributed by atoms with E-state index in [1.54, 1.807) is 6.20 Å². The third kappa shape index (κ3) is 3.25. The van der Waals surface area contributed by atoms with Gasteiger partial charge in [-0.3, -0.25) is 0 Å². The van der Waals surface area contributed by atoms with E-state index in [-0.39, 0.29) is 6.04 Å². The Balaban J connectivity index is 1.68. The minimum absolute atomic E-state index is 0.0463. The quantitative estimate of drug-likeness (QED) is 0.668. The fourth-order valence-corrected chi connectivity index (χ4v) is 3.44. The topological polar surface area (TPSA) is 93.7 Å². The smallest absolute Gasteiger partial charge is 0.222 e. The number of nitrogens with two attached hydrogens (primary N) is 1. The lowest BCUT2D eigenvalue weighted by atomic mass is 10.0. The number of nitrogen functional groups attached to an aromatic ring is 1. The van der Waals surface area contributed by atoms with Crippen molar-refractivity contribution >= 4 is 11.8 Å². The van der Waals surface area contributed by atoms with E-state index < -0.39 is 0 Å². The molecule has 0 bridgehead atoms. The molecule has 2 aromatic heterocycles. The van der Waals surface area contributed by atoms with Crippen molar-refractivity contribution in [3.8, 4) is 5.69 Å². The van der Waals surface area contributed by atoms with E-state index in [0.717, 1.165) is 54.3 Å². The monoisotopic (exact) mass is 349 g/mol. The molecular formula is C19H23N7. The number of rotatable bonds is 4. The van der Waals surface area contributed by atoms with Crippen LogP contribution in [-0.2, 0) is 12.8 Å². The first kappa shape index (κ1) is 16.5. The standard InChI is InChI=1S/C19H23N7/c1-13(14-5-2-3-6-17(14)26-12-4-9-22-26)23-18-15-7-10-21-11-8-16(15)24-19(20)25-18/h2-6,9,12-13,21H,7-8,10-11H2,1H3,(H3,20,23,24,25). The van der Waals surface area contributed by atoms with E-state index in [9.17, 15) is 0 Å². The molecule has 1 atom stereocenters. The van der Waals surface area contributed by atoms with Gasteiger partial charge in [0.15, 0.2) is 0 Å². The van der Waals surface area contributed by atoms with Crippen LogP contribution in [0.3, 0.4) is 0 Å². The zero-order valence-electron chi connectivity index (χ0n) is 14.8. The maximum Gasteiger partial charge on any atom is 0.222 e. The number of benzene rings is 1. The third-order valence-electron chi connectivity index (χ3n) is 4.71. The molecule has 1 unspecified atom stereocenters. The summed E-state index contributed by atoms with van der Waals surface area (Å²) in [6.45, 7) is 3.97. The Morgan fingerprint density at radius 3 is 2.85 bits per heavy atom. The van der Waals surface area contributed by atoms with Crippen molar-refractivity contribution < 1.29 is 0 Å². The highest BCUT2D eigenvalue weighted by molar-refractivity contribution is 5.53. The summed E-state index contributed by atoms with van der Waals surface area (Å²) in [6, 6.07) is 10.2. The number of nitrogens with zero attached hydrogens (tertiary/aromatic N) is 4. The van der Waals surface area contributed by atoms with Crippen LogP contribution in [0.5, 0.6) is 0 Å². The normalized spacial score (nSPS) is 15.1. The van der Waals surface area contributed by atoms with Crippen LogP contribution in [0.2, 0.25) is 0 Å². The van der Waals surface area contributed by atoms with Crippen molar-refractivity contribution in [2.24, 2.45) is 0 Å². The van der Waals surface area contributed by atoms with Gasteiger partial charge in [-0.25, -0.2) is 9.67 Å². The Hall–Kier alpha value is -2.93. The fourth-order valence-electron chi connectivity index (χ4n) is 3.44. The van der Waals surface area contributed by atoms with Gasteiger partial charge in [0.1, 0.15) is 5.82 Å². The van der Waals surface area contributed by atoms with Crippen molar-refractivity contribution in [3.63, 3.8) is 0 Å². The van der Waals surface area contributed by atoms with E-state index >= 15 is 0 Å². The molecule has 3 aromatic rings. The fraction of sp³-hybridized carbons (Fsp3) is 0.316. The zero-order valence-corrected chi connectivity index (χ0v) is 14.8. The minimum atomic E-state index is 0.0463. The summed E-state index contributed by atoms with van der Waals surface area (Å²) in [4.78, 5) is 8.94. The molecule has 0 aliphatic carbocycles. The summed E-state index contributed by atoms with van der Waals surface area (Å²) in [5, 5.41) is 11.3. The Morgan fingerprint density at radius 2 is 2.00 bits per heavy atom. The number of hydrogen-bond donors (Lipinski definition) is 3. The first-order chi connectivity index (χ1) is 12.7. The number of anilines is 2. The molecule has 0 saturated carbocycles. The molecule has 1 aliphatic heterocycles. The van der Waals surface area contributed by atoms with Crippen LogP contribution in [0, 0.1) is 0 Å². The van der Waals surface area contributed by atoms with Crippen molar-refractivity contribution in [1.29, 1.82) is 0 Å². The molecule has 0 saturated heterocycles. The summed E-state index contributed by atoms with van der Waals surface area (Å²) in [5.41, 5.74) is 10.4. The van der Waals surface area contributed by atoms with Gasteiger partial charge in [-0.2, -0.15) is 10.1 Å². The molecule has 0 amide bonds. The molecule has 0 fully saturated rings. The first-order valence-corrected chi connectivity index (χ1v) is 8.94. The van der Waals surface area contributed by atoms with Crippen LogP contribution in [0.25, 0.3) is 5.69 Å². The lowest BCUT2D eigenvalue weighted by Gasteiger charge is -2.21. The second-order valence-electron chi connectivity index (χ2n) is 6.48. The molecule has 134 valence electrons. The number of fused-ring (bicyclic) bond motifs is 1. The van der Waals surface area contributed by atoms with Gasteiger partial charge in [-0.05, 0) is 37.6 Å². The van der Waals surface area contributed by atoms with Gasteiger partial charge in [0, 0.05) is 30.9 Å². The average molecular weight is 349 g/mol. The first-order valence-electron chi connectivity index (χ1n) is 8.94. The summed E-state index contributed by atoms with van der Waals surface area (Å²) < 4.78 is 1.88. The Bertz CT molecular complexity index is 889. The Kier molecular flexibility index (Phi) is 4.53. The highest BCUT2D eigenvalue weighted by Gasteiger charge is 2.19. The van der Waals surface area contributed by atoms with E-state index in [4.69, 9.17) is 5.73 Å². The van der Waals surface area contributed by atoms with E-state index in [1.807, 2.05) is 29.1 Å². The summed E-state index contributed by atoms with van der Waals surface area (Å²) in [7, 11) is 0. The second kappa shape index (κ2) is 7.13. The summed E-state index contributed by atoms with van der Waals surface area (Å²) >= 11 is 0. The Labute approximate surface area is 152 Å². The number of nitrogens with one attached hydrogen (secondary N) is 2. The Morgan fingerprint density at radius 1 is 1.15 bits per heavy atom. The van der Waals surface area contributed by atoms with Gasteiger partial charge in [-0.15, -0.1) is 0 Å². The molecular weight excluding hydrogens is 326 g/mol. The predicted molar refractivity (Wildman–Crippen MR) is 102 cm³/mol. The van der Waals surface area contributed by atoms with Crippen LogP contribution in [0.1, 0.15) is 29.8 Å². The molecule has 26 heavy (non-hydrogen) atoms. The minimum Gasteiger partial charge on any atom is -0.368 e.